The van der Waals surface area contributed by atoms with E-state index < -0.39 is 11.9 Å². The van der Waals surface area contributed by atoms with Crippen molar-refractivity contribution in [2.45, 2.75) is 20.0 Å². The Balaban J connectivity index is 1.66. The first-order valence-electron chi connectivity index (χ1n) is 11.3. The summed E-state index contributed by atoms with van der Waals surface area (Å²) in [5.74, 6) is 0.709. The number of carboxylic acids is 1. The van der Waals surface area contributed by atoms with Gasteiger partial charge in [-0.1, -0.05) is 19.1 Å². The predicted molar refractivity (Wildman–Crippen MR) is 147 cm³/mol. The first-order chi connectivity index (χ1) is 17.9. The van der Waals surface area contributed by atoms with Crippen molar-refractivity contribution >= 4 is 40.7 Å². The van der Waals surface area contributed by atoms with E-state index in [0.29, 0.717) is 40.7 Å². The fourth-order valence-electron chi connectivity index (χ4n) is 3.22. The van der Waals surface area contributed by atoms with Gasteiger partial charge in [0.05, 0.1) is 36.2 Å². The summed E-state index contributed by atoms with van der Waals surface area (Å²) >= 11 is 2.13. The molecule has 0 unspecified atom stereocenters. The van der Waals surface area contributed by atoms with E-state index in [2.05, 4.69) is 33.1 Å². The summed E-state index contributed by atoms with van der Waals surface area (Å²) in [6, 6.07) is 15.0. The molecule has 0 radical (unpaired) electrons. The number of nitrogens with one attached hydrogen (secondary N) is 1. The Hall–Kier alpha value is -3.80. The van der Waals surface area contributed by atoms with Crippen molar-refractivity contribution < 1.29 is 33.6 Å². The van der Waals surface area contributed by atoms with Gasteiger partial charge in [-0.3, -0.25) is 4.79 Å². The fraction of sp³-hybridized carbons (Fsp3) is 0.222. The monoisotopic (exact) mass is 618 g/mol. The largest absolute Gasteiger partial charge is 0.493 e. The van der Waals surface area contributed by atoms with E-state index in [9.17, 15) is 9.59 Å². The van der Waals surface area contributed by atoms with Gasteiger partial charge < -0.3 is 24.1 Å². The Labute approximate surface area is 228 Å². The Bertz CT molecular complexity index is 1280. The van der Waals surface area contributed by atoms with E-state index in [4.69, 9.17) is 24.1 Å². The molecule has 0 spiro atoms. The van der Waals surface area contributed by atoms with Gasteiger partial charge in [0.15, 0.2) is 23.0 Å². The fourth-order valence-corrected chi connectivity index (χ4v) is 4.00. The van der Waals surface area contributed by atoms with E-state index in [1.54, 1.807) is 36.4 Å². The van der Waals surface area contributed by atoms with Crippen LogP contribution in [0, 0.1) is 3.57 Å². The Morgan fingerprint density at radius 1 is 0.946 bits per heavy atom. The summed E-state index contributed by atoms with van der Waals surface area (Å²) in [7, 11) is 3.05. The lowest BCUT2D eigenvalue weighted by molar-refractivity contribution is 0.0696. The number of hydrazone groups is 1. The molecule has 0 saturated heterocycles. The highest BCUT2D eigenvalue weighted by Gasteiger charge is 2.13. The normalized spacial score (nSPS) is 10.7. The van der Waals surface area contributed by atoms with Crippen molar-refractivity contribution in [1.82, 2.24) is 5.43 Å². The second-order valence-electron chi connectivity index (χ2n) is 7.74. The highest BCUT2D eigenvalue weighted by Crippen LogP contribution is 2.34. The van der Waals surface area contributed by atoms with E-state index in [1.807, 2.05) is 13.0 Å². The lowest BCUT2D eigenvalue weighted by Gasteiger charge is -2.14. The third kappa shape index (κ3) is 7.59. The standard InChI is InChI=1S/C27H27IN2O7/c1-4-11-36-22-10-9-20(14-23(22)34-2)26(31)30-29-15-18-12-21(28)25(24(13-18)35-3)37-16-17-5-7-19(8-6-17)27(32)33/h5-10,12-15H,4,11,16H2,1-3H3,(H,30,31)(H,32,33)/b29-15+. The zero-order valence-corrected chi connectivity index (χ0v) is 22.8. The molecular weight excluding hydrogens is 591 g/mol. The Morgan fingerprint density at radius 3 is 2.30 bits per heavy atom. The zero-order valence-electron chi connectivity index (χ0n) is 20.6. The number of halogens is 1. The molecule has 3 aromatic carbocycles. The summed E-state index contributed by atoms with van der Waals surface area (Å²) in [5.41, 5.74) is 4.61. The molecule has 1 amide bonds. The first-order valence-corrected chi connectivity index (χ1v) is 12.4. The third-order valence-electron chi connectivity index (χ3n) is 5.10. The minimum atomic E-state index is -0.980. The quantitative estimate of drug-likeness (QED) is 0.164. The lowest BCUT2D eigenvalue weighted by atomic mass is 10.1. The number of amides is 1. The first kappa shape index (κ1) is 27.8. The SMILES string of the molecule is CCCOc1ccc(C(=O)N/N=C/c2cc(I)c(OCc3ccc(C(=O)O)cc3)c(OC)c2)cc1OC. The zero-order chi connectivity index (χ0) is 26.8. The number of carbonyl (C=O) groups is 2. The summed E-state index contributed by atoms with van der Waals surface area (Å²) < 4.78 is 23.1. The summed E-state index contributed by atoms with van der Waals surface area (Å²) in [6.45, 7) is 2.80. The maximum atomic E-state index is 12.6. The van der Waals surface area contributed by atoms with Crippen LogP contribution in [-0.2, 0) is 6.61 Å². The Morgan fingerprint density at radius 2 is 1.65 bits per heavy atom. The molecule has 0 bridgehead atoms. The molecule has 0 aliphatic carbocycles. The number of hydrogen-bond donors (Lipinski definition) is 2. The van der Waals surface area contributed by atoms with Crippen molar-refractivity contribution in [2.75, 3.05) is 20.8 Å². The van der Waals surface area contributed by atoms with Crippen LogP contribution in [0.1, 0.15) is 45.2 Å². The molecule has 194 valence electrons. The van der Waals surface area contributed by atoms with Gasteiger partial charge in [-0.15, -0.1) is 0 Å². The smallest absolute Gasteiger partial charge is 0.335 e. The second-order valence-corrected chi connectivity index (χ2v) is 8.90. The number of benzene rings is 3. The van der Waals surface area contributed by atoms with Crippen molar-refractivity contribution in [1.29, 1.82) is 0 Å². The molecule has 0 fully saturated rings. The van der Waals surface area contributed by atoms with Gasteiger partial charge in [-0.2, -0.15) is 5.10 Å². The van der Waals surface area contributed by atoms with Crippen LogP contribution in [0.25, 0.3) is 0 Å². The number of hydrogen-bond acceptors (Lipinski definition) is 7. The molecule has 10 heteroatoms. The van der Waals surface area contributed by atoms with Crippen molar-refractivity contribution in [3.63, 3.8) is 0 Å². The third-order valence-corrected chi connectivity index (χ3v) is 5.90. The second kappa shape index (κ2) is 13.5. The number of methoxy groups -OCH3 is 2. The van der Waals surface area contributed by atoms with Crippen LogP contribution in [0.5, 0.6) is 23.0 Å². The topological polar surface area (TPSA) is 116 Å². The average molecular weight is 618 g/mol. The maximum Gasteiger partial charge on any atom is 0.335 e. The number of nitrogens with zero attached hydrogens (tertiary/aromatic N) is 1. The highest BCUT2D eigenvalue weighted by atomic mass is 127. The number of rotatable bonds is 12. The molecule has 0 aliphatic heterocycles. The number of carbonyl (C=O) groups excluding carboxylic acids is 1. The van der Waals surface area contributed by atoms with Crippen LogP contribution in [0.3, 0.4) is 0 Å². The molecule has 0 atom stereocenters. The predicted octanol–water partition coefficient (Wildman–Crippen LogP) is 5.14. The van der Waals surface area contributed by atoms with E-state index in [-0.39, 0.29) is 12.2 Å². The van der Waals surface area contributed by atoms with Gasteiger partial charge >= 0.3 is 5.97 Å². The number of aromatic carboxylic acids is 1. The lowest BCUT2D eigenvalue weighted by Crippen LogP contribution is -2.17. The van der Waals surface area contributed by atoms with Crippen LogP contribution in [0.2, 0.25) is 0 Å². The van der Waals surface area contributed by atoms with E-state index in [0.717, 1.165) is 15.6 Å². The van der Waals surface area contributed by atoms with Gasteiger partial charge in [0.1, 0.15) is 6.61 Å². The van der Waals surface area contributed by atoms with E-state index in [1.165, 1.54) is 32.6 Å². The minimum absolute atomic E-state index is 0.212. The molecule has 37 heavy (non-hydrogen) atoms. The molecule has 0 saturated carbocycles. The van der Waals surface area contributed by atoms with Gasteiger partial charge in [0, 0.05) is 5.56 Å². The molecule has 3 aromatic rings. The number of carboxylic acid groups (broad SMARTS) is 1. The van der Waals surface area contributed by atoms with Crippen molar-refractivity contribution in [3.8, 4) is 23.0 Å². The van der Waals surface area contributed by atoms with Crippen LogP contribution in [0.15, 0.2) is 59.7 Å². The summed E-state index contributed by atoms with van der Waals surface area (Å²) in [6.07, 6.45) is 2.37. The molecular formula is C27H27IN2O7. The maximum absolute atomic E-state index is 12.6. The van der Waals surface area contributed by atoms with Crippen LogP contribution in [-0.4, -0.2) is 44.0 Å². The van der Waals surface area contributed by atoms with Crippen molar-refractivity contribution in [3.05, 3.63) is 80.4 Å². The van der Waals surface area contributed by atoms with Crippen molar-refractivity contribution in [2.24, 2.45) is 5.10 Å². The molecule has 0 aliphatic rings. The summed E-state index contributed by atoms with van der Waals surface area (Å²) in [5, 5.41) is 13.1. The van der Waals surface area contributed by atoms with Gasteiger partial charge in [-0.25, -0.2) is 10.2 Å². The molecule has 9 nitrogen and oxygen atoms in total. The molecule has 3 rings (SSSR count). The number of ether oxygens (including phenoxy) is 4. The van der Waals surface area contributed by atoms with Gasteiger partial charge in [-0.05, 0) is 82.6 Å². The van der Waals surface area contributed by atoms with Crippen LogP contribution in [0.4, 0.5) is 0 Å². The summed E-state index contributed by atoms with van der Waals surface area (Å²) in [4.78, 5) is 23.6. The van der Waals surface area contributed by atoms with Gasteiger partial charge in [0.2, 0.25) is 0 Å². The van der Waals surface area contributed by atoms with E-state index >= 15 is 0 Å². The Kier molecular flexibility index (Phi) is 10.1. The average Bonchev–Trinajstić information content (AvgIpc) is 2.91. The highest BCUT2D eigenvalue weighted by molar-refractivity contribution is 14.1. The molecule has 0 aromatic heterocycles. The molecule has 0 heterocycles. The van der Waals surface area contributed by atoms with Crippen LogP contribution < -0.4 is 24.4 Å². The molecule has 2 N–H and O–H groups in total. The van der Waals surface area contributed by atoms with Gasteiger partial charge in [0.25, 0.3) is 5.91 Å². The minimum Gasteiger partial charge on any atom is -0.493 e. The van der Waals surface area contributed by atoms with Crippen LogP contribution >= 0.6 is 22.6 Å².